The van der Waals surface area contributed by atoms with E-state index in [1.54, 1.807) is 23.0 Å². The number of halogens is 1. The molecule has 2 rings (SSSR count). The van der Waals surface area contributed by atoms with Gasteiger partial charge in [-0.1, -0.05) is 6.07 Å². The van der Waals surface area contributed by atoms with E-state index in [4.69, 9.17) is 16.3 Å². The maximum absolute atomic E-state index is 10.9. The summed E-state index contributed by atoms with van der Waals surface area (Å²) in [6.07, 6.45) is 3.48. The lowest BCUT2D eigenvalue weighted by atomic mass is 10.2. The Labute approximate surface area is 114 Å². The summed E-state index contributed by atoms with van der Waals surface area (Å²) in [4.78, 5) is 10.5. The lowest BCUT2D eigenvalue weighted by molar-refractivity contribution is -0.385. The van der Waals surface area contributed by atoms with Gasteiger partial charge < -0.3 is 4.74 Å². The van der Waals surface area contributed by atoms with Crippen LogP contribution in [0.4, 0.5) is 5.69 Å². The zero-order valence-electron chi connectivity index (χ0n) is 10.2. The molecule has 0 radical (unpaired) electrons. The first kappa shape index (κ1) is 13.4. The molecule has 6 nitrogen and oxygen atoms in total. The highest BCUT2D eigenvalue weighted by Crippen LogP contribution is 2.27. The number of nitro groups is 1. The van der Waals surface area contributed by atoms with Gasteiger partial charge in [-0.3, -0.25) is 14.8 Å². The molecule has 1 aromatic heterocycles. The lowest BCUT2D eigenvalue weighted by Crippen LogP contribution is -2.01. The number of benzene rings is 1. The fourth-order valence-electron chi connectivity index (χ4n) is 1.73. The van der Waals surface area contributed by atoms with Crippen LogP contribution >= 0.6 is 11.6 Å². The Morgan fingerprint density at radius 2 is 2.26 bits per heavy atom. The van der Waals surface area contributed by atoms with Crippen LogP contribution in [0.25, 0.3) is 0 Å². The first-order valence-electron chi connectivity index (χ1n) is 5.52. The van der Waals surface area contributed by atoms with E-state index in [0.29, 0.717) is 12.4 Å². The summed E-state index contributed by atoms with van der Waals surface area (Å²) < 4.78 is 6.64. The molecule has 100 valence electrons. The van der Waals surface area contributed by atoms with Crippen molar-refractivity contribution in [3.8, 4) is 5.75 Å². The molecule has 1 aromatic carbocycles. The molecule has 7 heteroatoms. The highest BCUT2D eigenvalue weighted by atomic mass is 35.5. The number of hydrogen-bond acceptors (Lipinski definition) is 4. The van der Waals surface area contributed by atoms with Crippen molar-refractivity contribution in [3.63, 3.8) is 0 Å². The molecule has 0 N–H and O–H groups in total. The zero-order valence-corrected chi connectivity index (χ0v) is 11.0. The van der Waals surface area contributed by atoms with Gasteiger partial charge in [0, 0.05) is 17.8 Å². The van der Waals surface area contributed by atoms with Crippen LogP contribution in [0.15, 0.2) is 30.6 Å². The first-order chi connectivity index (χ1) is 9.13. The molecule has 0 spiro atoms. The molecule has 0 atom stereocenters. The van der Waals surface area contributed by atoms with Gasteiger partial charge in [0.2, 0.25) is 0 Å². The number of hydrogen-bond donors (Lipinski definition) is 0. The largest absolute Gasteiger partial charge is 0.490 e. The number of nitro benzene ring substituents is 1. The van der Waals surface area contributed by atoms with Crippen LogP contribution < -0.4 is 4.74 Å². The molecule has 0 saturated carbocycles. The monoisotopic (exact) mass is 281 g/mol. The van der Waals surface area contributed by atoms with Gasteiger partial charge in [0.15, 0.2) is 5.75 Å². The molecule has 0 aliphatic rings. The normalized spacial score (nSPS) is 10.4. The van der Waals surface area contributed by atoms with Crippen LogP contribution in [0.2, 0.25) is 0 Å². The van der Waals surface area contributed by atoms with Gasteiger partial charge in [-0.15, -0.1) is 11.6 Å². The van der Waals surface area contributed by atoms with Gasteiger partial charge in [-0.25, -0.2) is 0 Å². The number of aromatic nitrogens is 2. The fourth-order valence-corrected chi connectivity index (χ4v) is 1.86. The Balaban J connectivity index is 2.25. The smallest absolute Gasteiger partial charge is 0.311 e. The van der Waals surface area contributed by atoms with Crippen molar-refractivity contribution in [1.29, 1.82) is 0 Å². The molecule has 0 bridgehead atoms. The lowest BCUT2D eigenvalue weighted by Gasteiger charge is -2.05. The summed E-state index contributed by atoms with van der Waals surface area (Å²) in [6.45, 7) is 0.446. The summed E-state index contributed by atoms with van der Waals surface area (Å²) in [5.41, 5.74) is 1.63. The molecule has 0 saturated heterocycles. The van der Waals surface area contributed by atoms with E-state index in [0.717, 1.165) is 11.1 Å². The highest BCUT2D eigenvalue weighted by Gasteiger charge is 2.15. The van der Waals surface area contributed by atoms with Crippen molar-refractivity contribution in [2.75, 3.05) is 7.11 Å². The molecule has 0 fully saturated rings. The Hall–Kier alpha value is -2.08. The number of ether oxygens (including phenoxy) is 1. The molecule has 0 aliphatic carbocycles. The van der Waals surface area contributed by atoms with E-state index in [2.05, 4.69) is 5.10 Å². The molecule has 0 aliphatic heterocycles. The molecule has 0 unspecified atom stereocenters. The Morgan fingerprint density at radius 1 is 1.47 bits per heavy atom. The van der Waals surface area contributed by atoms with Gasteiger partial charge in [0.05, 0.1) is 30.7 Å². The van der Waals surface area contributed by atoms with Crippen LogP contribution in [0.5, 0.6) is 5.75 Å². The fraction of sp³-hybridized carbons (Fsp3) is 0.250. The van der Waals surface area contributed by atoms with Crippen molar-refractivity contribution < 1.29 is 9.66 Å². The Bertz CT molecular complexity index is 598. The van der Waals surface area contributed by atoms with Crippen molar-refractivity contribution >= 4 is 17.3 Å². The minimum atomic E-state index is -0.463. The standard InChI is InChI=1S/C12H12ClN3O3/c1-19-12-3-2-9(4-11(12)16(17)18)7-15-8-10(5-13)6-14-15/h2-4,6,8H,5,7H2,1H3. The maximum atomic E-state index is 10.9. The molecule has 0 amide bonds. The van der Waals surface area contributed by atoms with Crippen molar-refractivity contribution in [1.82, 2.24) is 9.78 Å². The summed E-state index contributed by atoms with van der Waals surface area (Å²) in [5.74, 6) is 0.638. The molecular formula is C12H12ClN3O3. The Kier molecular flexibility index (Phi) is 4.01. The van der Waals surface area contributed by atoms with E-state index >= 15 is 0 Å². The summed E-state index contributed by atoms with van der Waals surface area (Å²) >= 11 is 5.69. The summed E-state index contributed by atoms with van der Waals surface area (Å²) in [6, 6.07) is 4.84. The van der Waals surface area contributed by atoms with Gasteiger partial charge in [0.1, 0.15) is 0 Å². The number of rotatable bonds is 5. The molecule has 19 heavy (non-hydrogen) atoms. The van der Waals surface area contributed by atoms with Crippen LogP contribution in [0.1, 0.15) is 11.1 Å². The van der Waals surface area contributed by atoms with Crippen LogP contribution in [-0.2, 0) is 12.4 Å². The second-order valence-electron chi connectivity index (χ2n) is 3.94. The van der Waals surface area contributed by atoms with E-state index < -0.39 is 4.92 Å². The highest BCUT2D eigenvalue weighted by molar-refractivity contribution is 6.17. The molecule has 1 heterocycles. The first-order valence-corrected chi connectivity index (χ1v) is 6.06. The maximum Gasteiger partial charge on any atom is 0.311 e. The SMILES string of the molecule is COc1ccc(Cn2cc(CCl)cn2)cc1[N+](=O)[O-]. The second-order valence-corrected chi connectivity index (χ2v) is 4.21. The number of methoxy groups -OCH3 is 1. The van der Waals surface area contributed by atoms with Crippen LogP contribution in [0.3, 0.4) is 0 Å². The van der Waals surface area contributed by atoms with Crippen molar-refractivity contribution in [3.05, 3.63) is 51.8 Å². The van der Waals surface area contributed by atoms with E-state index in [9.17, 15) is 10.1 Å². The quantitative estimate of drug-likeness (QED) is 0.480. The van der Waals surface area contributed by atoms with Gasteiger partial charge in [0.25, 0.3) is 0 Å². The van der Waals surface area contributed by atoms with Gasteiger partial charge in [-0.2, -0.15) is 5.10 Å². The van der Waals surface area contributed by atoms with Crippen molar-refractivity contribution in [2.45, 2.75) is 12.4 Å². The predicted molar refractivity (Wildman–Crippen MR) is 70.5 cm³/mol. The summed E-state index contributed by atoms with van der Waals surface area (Å²) in [7, 11) is 1.41. The van der Waals surface area contributed by atoms with E-state index in [-0.39, 0.29) is 11.4 Å². The summed E-state index contributed by atoms with van der Waals surface area (Å²) in [5, 5.41) is 15.1. The van der Waals surface area contributed by atoms with Gasteiger partial charge in [-0.05, 0) is 11.6 Å². The van der Waals surface area contributed by atoms with Gasteiger partial charge >= 0.3 is 5.69 Å². The second kappa shape index (κ2) is 5.71. The van der Waals surface area contributed by atoms with Crippen LogP contribution in [-0.4, -0.2) is 21.8 Å². The average Bonchev–Trinajstić information content (AvgIpc) is 2.86. The predicted octanol–water partition coefficient (Wildman–Crippen LogP) is 2.59. The molecular weight excluding hydrogens is 270 g/mol. The minimum Gasteiger partial charge on any atom is -0.490 e. The van der Waals surface area contributed by atoms with E-state index in [1.807, 2.05) is 6.20 Å². The zero-order chi connectivity index (χ0) is 13.8. The van der Waals surface area contributed by atoms with E-state index in [1.165, 1.54) is 13.2 Å². The van der Waals surface area contributed by atoms with Crippen LogP contribution in [0, 0.1) is 10.1 Å². The van der Waals surface area contributed by atoms with Crippen molar-refractivity contribution in [2.24, 2.45) is 0 Å². The third kappa shape index (κ3) is 3.03. The third-order valence-corrected chi connectivity index (χ3v) is 2.93. The topological polar surface area (TPSA) is 70.2 Å². The molecule has 2 aromatic rings. The number of alkyl halides is 1. The number of nitrogens with zero attached hydrogens (tertiary/aromatic N) is 3. The minimum absolute atomic E-state index is 0.0512. The third-order valence-electron chi connectivity index (χ3n) is 2.63. The Morgan fingerprint density at radius 3 is 2.84 bits per heavy atom. The average molecular weight is 282 g/mol.